The molecular formula is C40H49ClN8O8S2. The number of fused-ring (bicyclic) bond motifs is 4. The summed E-state index contributed by atoms with van der Waals surface area (Å²) < 4.78 is 72.3. The number of sulfonamides is 2. The molecular weight excluding hydrogens is 820 g/mol. The standard InChI is InChI=1S/C40H49ClN8O8S2/c1-22(2)29-16-27(41)17-30(35(29)45-39(51)47-58(52,53)32-18-42-48-10-7-11-56-36(32)48)23(3)12-24-13-26-15-25-8-6-9-28(25)34(31(26)14-24)44-38(50)46-59(54,55)33-19-43-49-20-40(4,5)21-57-37(33)49/h15-19,22-24H,6-14,20-21H2,1-5H3,(H2,44,46,50)(H2,45,47,51). The van der Waals surface area contributed by atoms with E-state index >= 15 is 0 Å². The lowest BCUT2D eigenvalue weighted by Gasteiger charge is -2.30. The Hall–Kier alpha value is -4.81. The summed E-state index contributed by atoms with van der Waals surface area (Å²) in [6.07, 6.45) is 7.67. The lowest BCUT2D eigenvalue weighted by Crippen LogP contribution is -2.36. The maximum atomic E-state index is 13.5. The Bertz CT molecular complexity index is 2580. The highest BCUT2D eigenvalue weighted by molar-refractivity contribution is 7.90. The second kappa shape index (κ2) is 15.3. The van der Waals surface area contributed by atoms with Crippen molar-refractivity contribution in [3.8, 4) is 11.8 Å². The SMILES string of the molecule is CC(C)c1cc(Cl)cc(C(C)CC2Cc3cc4c(c(NC(=O)NS(=O)(=O)c5cnn6c5OCC(C)(C)C6)c3C2)CCC4)c1NC(=O)NS(=O)(=O)c1cnn2c1OCCC2. The minimum absolute atomic E-state index is 0.0661. The van der Waals surface area contributed by atoms with Crippen molar-refractivity contribution in [2.24, 2.45) is 11.3 Å². The number of ether oxygens (including phenoxy) is 2. The molecule has 4 heterocycles. The van der Waals surface area contributed by atoms with Crippen LogP contribution < -0.4 is 29.6 Å². The van der Waals surface area contributed by atoms with Gasteiger partial charge in [-0.25, -0.2) is 45.2 Å². The Labute approximate surface area is 348 Å². The van der Waals surface area contributed by atoms with Crippen LogP contribution in [0.15, 0.2) is 40.4 Å². The Balaban J connectivity index is 0.998. The topological polar surface area (TPSA) is 205 Å². The van der Waals surface area contributed by atoms with Gasteiger partial charge in [0.05, 0.1) is 32.2 Å². The molecule has 0 saturated carbocycles. The van der Waals surface area contributed by atoms with Crippen LogP contribution in [0, 0.1) is 11.3 Å². The molecule has 4 amide bonds. The van der Waals surface area contributed by atoms with E-state index in [0.717, 1.165) is 59.1 Å². The number of nitrogens with one attached hydrogen (secondary N) is 4. The number of benzene rings is 2. The van der Waals surface area contributed by atoms with Crippen LogP contribution in [0.1, 0.15) is 99.1 Å². The van der Waals surface area contributed by atoms with Gasteiger partial charge in [0.15, 0.2) is 9.79 Å². The Morgan fingerprint density at radius 2 is 1.47 bits per heavy atom. The molecule has 4 aromatic rings. The molecule has 16 nitrogen and oxygen atoms in total. The third-order valence-corrected chi connectivity index (χ3v) is 14.4. The second-order valence-corrected chi connectivity index (χ2v) is 20.9. The molecule has 19 heteroatoms. The quantitative estimate of drug-likeness (QED) is 0.137. The monoisotopic (exact) mass is 868 g/mol. The maximum Gasteiger partial charge on any atom is 0.333 e. The van der Waals surface area contributed by atoms with Crippen LogP contribution in [0.5, 0.6) is 11.8 Å². The predicted octanol–water partition coefficient (Wildman–Crippen LogP) is 6.48. The number of anilines is 2. The van der Waals surface area contributed by atoms with Gasteiger partial charge in [-0.1, -0.05) is 52.3 Å². The molecule has 0 radical (unpaired) electrons. The van der Waals surface area contributed by atoms with Crippen LogP contribution in [0.2, 0.25) is 5.02 Å². The lowest BCUT2D eigenvalue weighted by atomic mass is 9.85. The predicted molar refractivity (Wildman–Crippen MR) is 220 cm³/mol. The molecule has 4 aliphatic rings. The Morgan fingerprint density at radius 3 is 2.17 bits per heavy atom. The summed E-state index contributed by atoms with van der Waals surface area (Å²) in [5.74, 6) is 0.130. The molecule has 4 N–H and O–H groups in total. The maximum absolute atomic E-state index is 13.5. The fraction of sp³-hybridized carbons (Fsp3) is 0.500. The zero-order valence-electron chi connectivity index (χ0n) is 33.6. The highest BCUT2D eigenvalue weighted by atomic mass is 35.5. The van der Waals surface area contributed by atoms with Gasteiger partial charge in [-0.15, -0.1) is 0 Å². The number of rotatable bonds is 10. The van der Waals surface area contributed by atoms with Crippen LogP contribution in [0.4, 0.5) is 21.0 Å². The second-order valence-electron chi connectivity index (χ2n) is 17.2. The fourth-order valence-electron chi connectivity index (χ4n) is 8.90. The molecule has 2 unspecified atom stereocenters. The molecule has 0 saturated heterocycles. The Kier molecular flexibility index (Phi) is 10.6. The average molecular weight is 869 g/mol. The van der Waals surface area contributed by atoms with Gasteiger partial charge in [0.25, 0.3) is 20.0 Å². The minimum Gasteiger partial charge on any atom is -0.477 e. The molecule has 316 valence electrons. The highest BCUT2D eigenvalue weighted by Crippen LogP contribution is 2.45. The van der Waals surface area contributed by atoms with Crippen LogP contribution in [0.3, 0.4) is 0 Å². The van der Waals surface area contributed by atoms with Crippen molar-refractivity contribution in [3.63, 3.8) is 0 Å². The summed E-state index contributed by atoms with van der Waals surface area (Å²) in [7, 11) is -8.63. The van der Waals surface area contributed by atoms with E-state index in [9.17, 15) is 26.4 Å². The van der Waals surface area contributed by atoms with E-state index in [2.05, 4.69) is 36.3 Å². The molecule has 0 bridgehead atoms. The molecule has 2 aromatic heterocycles. The summed E-state index contributed by atoms with van der Waals surface area (Å²) in [6, 6.07) is 4.01. The van der Waals surface area contributed by atoms with Crippen LogP contribution in [-0.2, 0) is 58.8 Å². The largest absolute Gasteiger partial charge is 0.477 e. The van der Waals surface area contributed by atoms with E-state index in [0.29, 0.717) is 62.0 Å². The molecule has 0 spiro atoms. The zero-order chi connectivity index (χ0) is 42.0. The third-order valence-electron chi connectivity index (χ3n) is 11.6. The summed E-state index contributed by atoms with van der Waals surface area (Å²) in [6.45, 7) is 11.6. The number of nitrogens with zero attached hydrogens (tertiary/aromatic N) is 4. The zero-order valence-corrected chi connectivity index (χ0v) is 36.0. The van der Waals surface area contributed by atoms with Gasteiger partial charge in [0.1, 0.15) is 0 Å². The van der Waals surface area contributed by atoms with Gasteiger partial charge in [-0.2, -0.15) is 10.2 Å². The van der Waals surface area contributed by atoms with E-state index in [1.165, 1.54) is 21.8 Å². The number of carbonyl (C=O) groups is 2. The first-order valence-corrected chi connectivity index (χ1v) is 23.3. The number of urea groups is 2. The summed E-state index contributed by atoms with van der Waals surface area (Å²) >= 11 is 6.68. The van der Waals surface area contributed by atoms with Gasteiger partial charge in [0, 0.05) is 34.8 Å². The van der Waals surface area contributed by atoms with Crippen molar-refractivity contribution in [2.45, 2.75) is 114 Å². The molecule has 2 aliphatic heterocycles. The third kappa shape index (κ3) is 8.10. The van der Waals surface area contributed by atoms with Gasteiger partial charge < -0.3 is 20.1 Å². The van der Waals surface area contributed by atoms with E-state index < -0.39 is 32.1 Å². The number of halogens is 1. The summed E-state index contributed by atoms with van der Waals surface area (Å²) in [5, 5.41) is 14.6. The fourth-order valence-corrected chi connectivity index (χ4v) is 11.1. The smallest absolute Gasteiger partial charge is 0.333 e. The number of carbonyl (C=O) groups excluding carboxylic acids is 2. The van der Waals surface area contributed by atoms with E-state index in [-0.39, 0.29) is 44.7 Å². The number of aryl methyl sites for hydroxylation is 2. The van der Waals surface area contributed by atoms with Crippen LogP contribution >= 0.6 is 11.6 Å². The Morgan fingerprint density at radius 1 is 0.831 bits per heavy atom. The van der Waals surface area contributed by atoms with Gasteiger partial charge >= 0.3 is 12.1 Å². The molecule has 2 atom stereocenters. The summed E-state index contributed by atoms with van der Waals surface area (Å²) in [5.41, 5.74) is 6.68. The average Bonchev–Trinajstić information content (AvgIpc) is 3.96. The van der Waals surface area contributed by atoms with Crippen LogP contribution in [-0.4, -0.2) is 61.7 Å². The molecule has 2 aliphatic carbocycles. The van der Waals surface area contributed by atoms with E-state index in [4.69, 9.17) is 21.1 Å². The van der Waals surface area contributed by atoms with Crippen molar-refractivity contribution >= 4 is 55.1 Å². The highest BCUT2D eigenvalue weighted by Gasteiger charge is 2.36. The lowest BCUT2D eigenvalue weighted by molar-refractivity contribution is 0.0970. The van der Waals surface area contributed by atoms with E-state index in [1.54, 1.807) is 6.07 Å². The van der Waals surface area contributed by atoms with Gasteiger partial charge in [-0.05, 0) is 102 Å². The van der Waals surface area contributed by atoms with Gasteiger partial charge in [0.2, 0.25) is 11.8 Å². The first-order valence-electron chi connectivity index (χ1n) is 19.9. The normalized spacial score (nSPS) is 18.5. The molecule has 2 aromatic carbocycles. The molecule has 8 rings (SSSR count). The van der Waals surface area contributed by atoms with Crippen molar-refractivity contribution in [1.29, 1.82) is 0 Å². The summed E-state index contributed by atoms with van der Waals surface area (Å²) in [4.78, 5) is 26.6. The van der Waals surface area contributed by atoms with Crippen molar-refractivity contribution < 1.29 is 35.9 Å². The number of amides is 4. The molecule has 59 heavy (non-hydrogen) atoms. The number of aromatic nitrogens is 4. The number of hydrogen-bond donors (Lipinski definition) is 4. The minimum atomic E-state index is -4.32. The van der Waals surface area contributed by atoms with E-state index in [1.807, 2.05) is 40.7 Å². The van der Waals surface area contributed by atoms with Crippen molar-refractivity contribution in [3.05, 3.63) is 69.0 Å². The number of hydrogen-bond acceptors (Lipinski definition) is 10. The molecule has 0 fully saturated rings. The van der Waals surface area contributed by atoms with Crippen molar-refractivity contribution in [1.82, 2.24) is 29.0 Å². The first-order chi connectivity index (χ1) is 27.9. The first kappa shape index (κ1) is 40.9. The van der Waals surface area contributed by atoms with Crippen molar-refractivity contribution in [2.75, 3.05) is 23.8 Å². The van der Waals surface area contributed by atoms with Crippen LogP contribution in [0.25, 0.3) is 0 Å². The van der Waals surface area contributed by atoms with Gasteiger partial charge in [-0.3, -0.25) is 0 Å².